The second-order valence-corrected chi connectivity index (χ2v) is 4.21. The molecule has 0 fully saturated rings. The van der Waals surface area contributed by atoms with Crippen LogP contribution in [0.3, 0.4) is 0 Å². The van der Waals surface area contributed by atoms with Gasteiger partial charge in [-0.25, -0.2) is 0 Å². The summed E-state index contributed by atoms with van der Waals surface area (Å²) >= 11 is 0. The fourth-order valence-corrected chi connectivity index (χ4v) is 1.74. The van der Waals surface area contributed by atoms with Gasteiger partial charge in [-0.05, 0) is 32.0 Å². The zero-order chi connectivity index (χ0) is 11.8. The highest BCUT2D eigenvalue weighted by molar-refractivity contribution is 5.18. The first-order chi connectivity index (χ1) is 7.74. The second-order valence-electron chi connectivity index (χ2n) is 4.21. The summed E-state index contributed by atoms with van der Waals surface area (Å²) < 4.78 is 0. The van der Waals surface area contributed by atoms with Crippen molar-refractivity contribution in [3.63, 3.8) is 0 Å². The lowest BCUT2D eigenvalue weighted by atomic mass is 10.1. The van der Waals surface area contributed by atoms with Crippen LogP contribution in [0.2, 0.25) is 0 Å². The summed E-state index contributed by atoms with van der Waals surface area (Å²) in [6, 6.07) is 10.4. The van der Waals surface area contributed by atoms with E-state index >= 15 is 0 Å². The predicted molar refractivity (Wildman–Crippen MR) is 70.3 cm³/mol. The van der Waals surface area contributed by atoms with Gasteiger partial charge in [-0.2, -0.15) is 0 Å². The summed E-state index contributed by atoms with van der Waals surface area (Å²) in [7, 11) is 2.12. The molecule has 1 atom stereocenters. The van der Waals surface area contributed by atoms with Crippen molar-refractivity contribution in [2.45, 2.75) is 18.9 Å². The molecule has 0 amide bonds. The Balaban J connectivity index is 2.33. The molecule has 1 unspecified atom stereocenters. The maximum absolute atomic E-state index is 6.14. The minimum Gasteiger partial charge on any atom is -0.323 e. The van der Waals surface area contributed by atoms with Crippen molar-refractivity contribution < 1.29 is 0 Å². The van der Waals surface area contributed by atoms with Gasteiger partial charge in [-0.15, -0.1) is 6.58 Å². The molecule has 16 heavy (non-hydrogen) atoms. The number of unbranched alkanes of at least 4 members (excludes halogenated alkanes) is 1. The van der Waals surface area contributed by atoms with Crippen molar-refractivity contribution in [1.29, 1.82) is 0 Å². The van der Waals surface area contributed by atoms with Gasteiger partial charge in [-0.3, -0.25) is 0 Å². The van der Waals surface area contributed by atoms with Gasteiger partial charge in [0.15, 0.2) is 0 Å². The molecule has 0 saturated carbocycles. The van der Waals surface area contributed by atoms with Gasteiger partial charge in [0.1, 0.15) is 0 Å². The van der Waals surface area contributed by atoms with Crippen molar-refractivity contribution >= 4 is 0 Å². The van der Waals surface area contributed by atoms with E-state index < -0.39 is 0 Å². The monoisotopic (exact) mass is 218 g/mol. The van der Waals surface area contributed by atoms with E-state index in [1.54, 1.807) is 0 Å². The van der Waals surface area contributed by atoms with Gasteiger partial charge in [-0.1, -0.05) is 36.4 Å². The molecule has 0 spiro atoms. The van der Waals surface area contributed by atoms with Crippen LogP contribution in [0.5, 0.6) is 0 Å². The lowest BCUT2D eigenvalue weighted by Crippen LogP contribution is -2.29. The third-order valence-corrected chi connectivity index (χ3v) is 2.68. The van der Waals surface area contributed by atoms with Crippen molar-refractivity contribution in [2.75, 3.05) is 20.1 Å². The molecule has 0 radical (unpaired) electrons. The number of nitrogens with two attached hydrogens (primary N) is 1. The molecule has 2 heteroatoms. The Bertz CT molecular complexity index is 295. The Morgan fingerprint density at radius 3 is 2.69 bits per heavy atom. The topological polar surface area (TPSA) is 29.3 Å². The Morgan fingerprint density at radius 2 is 2.06 bits per heavy atom. The van der Waals surface area contributed by atoms with Gasteiger partial charge in [0.05, 0.1) is 0 Å². The molecule has 0 aliphatic carbocycles. The van der Waals surface area contributed by atoms with E-state index in [1.807, 2.05) is 24.3 Å². The van der Waals surface area contributed by atoms with E-state index in [4.69, 9.17) is 5.73 Å². The Morgan fingerprint density at radius 1 is 1.38 bits per heavy atom. The second kappa shape index (κ2) is 7.20. The molecule has 0 heterocycles. The van der Waals surface area contributed by atoms with E-state index in [9.17, 15) is 0 Å². The van der Waals surface area contributed by atoms with Crippen LogP contribution in [0.25, 0.3) is 0 Å². The molecule has 1 rings (SSSR count). The predicted octanol–water partition coefficient (Wildman–Crippen LogP) is 2.58. The van der Waals surface area contributed by atoms with E-state index in [2.05, 4.69) is 30.7 Å². The molecular formula is C14H22N2. The van der Waals surface area contributed by atoms with E-state index in [0.29, 0.717) is 0 Å². The number of likely N-dealkylation sites (N-methyl/N-ethyl adjacent to an activating group) is 1. The number of benzene rings is 1. The summed E-state index contributed by atoms with van der Waals surface area (Å²) in [5, 5.41) is 0. The highest BCUT2D eigenvalue weighted by Crippen LogP contribution is 2.10. The molecule has 2 N–H and O–H groups in total. The first-order valence-corrected chi connectivity index (χ1v) is 5.84. The molecule has 0 bridgehead atoms. The first-order valence-electron chi connectivity index (χ1n) is 5.84. The average molecular weight is 218 g/mol. The Kier molecular flexibility index (Phi) is 5.83. The van der Waals surface area contributed by atoms with Crippen LogP contribution in [0.15, 0.2) is 43.0 Å². The van der Waals surface area contributed by atoms with Crippen molar-refractivity contribution in [2.24, 2.45) is 5.73 Å². The van der Waals surface area contributed by atoms with Crippen molar-refractivity contribution in [3.05, 3.63) is 48.6 Å². The van der Waals surface area contributed by atoms with Gasteiger partial charge < -0.3 is 10.6 Å². The minimum absolute atomic E-state index is 0.106. The Hall–Kier alpha value is -1.12. The molecule has 0 saturated heterocycles. The van der Waals surface area contributed by atoms with Crippen LogP contribution < -0.4 is 5.73 Å². The lowest BCUT2D eigenvalue weighted by Gasteiger charge is -2.21. The third-order valence-electron chi connectivity index (χ3n) is 2.68. The number of hydrogen-bond donors (Lipinski definition) is 1. The molecule has 0 aliphatic rings. The van der Waals surface area contributed by atoms with Crippen LogP contribution >= 0.6 is 0 Å². The minimum atomic E-state index is 0.106. The molecule has 2 nitrogen and oxygen atoms in total. The van der Waals surface area contributed by atoms with Gasteiger partial charge in [0, 0.05) is 12.6 Å². The van der Waals surface area contributed by atoms with Crippen molar-refractivity contribution in [3.8, 4) is 0 Å². The van der Waals surface area contributed by atoms with E-state index in [1.165, 1.54) is 5.56 Å². The zero-order valence-electron chi connectivity index (χ0n) is 10.1. The Labute approximate surface area is 98.8 Å². The fraction of sp³-hybridized carbons (Fsp3) is 0.429. The molecule has 88 valence electrons. The van der Waals surface area contributed by atoms with Crippen LogP contribution in [-0.4, -0.2) is 25.0 Å². The normalized spacial score (nSPS) is 12.7. The molecule has 0 aliphatic heterocycles. The van der Waals surface area contributed by atoms with E-state index in [-0.39, 0.29) is 6.04 Å². The van der Waals surface area contributed by atoms with E-state index in [0.717, 1.165) is 25.9 Å². The number of allylic oxidation sites excluding steroid dienone is 1. The molecule has 0 aromatic heterocycles. The molecule has 1 aromatic carbocycles. The maximum atomic E-state index is 6.14. The standard InChI is InChI=1S/C14H22N2/c1-3-4-8-11-16(2)12-14(15)13-9-6-5-7-10-13/h3,5-7,9-10,14H,1,4,8,11-12,15H2,2H3. The summed E-state index contributed by atoms with van der Waals surface area (Å²) in [4.78, 5) is 2.28. The molecule has 1 aromatic rings. The highest BCUT2D eigenvalue weighted by atomic mass is 15.1. The van der Waals surface area contributed by atoms with Crippen molar-refractivity contribution in [1.82, 2.24) is 4.90 Å². The van der Waals surface area contributed by atoms with Crippen LogP contribution in [0, 0.1) is 0 Å². The zero-order valence-corrected chi connectivity index (χ0v) is 10.1. The largest absolute Gasteiger partial charge is 0.323 e. The highest BCUT2D eigenvalue weighted by Gasteiger charge is 2.07. The lowest BCUT2D eigenvalue weighted by molar-refractivity contribution is 0.309. The summed E-state index contributed by atoms with van der Waals surface area (Å²) in [6.45, 7) is 5.70. The summed E-state index contributed by atoms with van der Waals surface area (Å²) in [5.41, 5.74) is 7.34. The average Bonchev–Trinajstić information content (AvgIpc) is 2.30. The summed E-state index contributed by atoms with van der Waals surface area (Å²) in [6.07, 6.45) is 4.19. The quantitative estimate of drug-likeness (QED) is 0.563. The fourth-order valence-electron chi connectivity index (χ4n) is 1.74. The van der Waals surface area contributed by atoms with Crippen LogP contribution in [0.1, 0.15) is 24.4 Å². The van der Waals surface area contributed by atoms with Crippen LogP contribution in [0.4, 0.5) is 0 Å². The smallest absolute Gasteiger partial charge is 0.0424 e. The van der Waals surface area contributed by atoms with Gasteiger partial charge in [0.25, 0.3) is 0 Å². The third kappa shape index (κ3) is 4.60. The van der Waals surface area contributed by atoms with Crippen LogP contribution in [-0.2, 0) is 0 Å². The number of hydrogen-bond acceptors (Lipinski definition) is 2. The first kappa shape index (κ1) is 12.9. The number of rotatable bonds is 7. The summed E-state index contributed by atoms with van der Waals surface area (Å²) in [5.74, 6) is 0. The molecular weight excluding hydrogens is 196 g/mol. The number of nitrogens with zero attached hydrogens (tertiary/aromatic N) is 1. The van der Waals surface area contributed by atoms with Gasteiger partial charge >= 0.3 is 0 Å². The SMILES string of the molecule is C=CCCCN(C)CC(N)c1ccccc1. The van der Waals surface area contributed by atoms with Gasteiger partial charge in [0.2, 0.25) is 0 Å². The maximum Gasteiger partial charge on any atom is 0.0424 e.